The highest BCUT2D eigenvalue weighted by Crippen LogP contribution is 2.20. The molecule has 1 amide bonds. The molecule has 2 atom stereocenters. The first-order valence-corrected chi connectivity index (χ1v) is 8.55. The molecule has 7 heteroatoms. The molecule has 0 saturated carbocycles. The standard InChI is InChI=1S/C19H20N4O3/c1-14(25-15-6-3-2-4-7-15)19(24)23-11-5-8-16(13-23)26-18-17(12-20)21-9-10-22-18/h2-4,6-7,9-10,14,16H,5,8,11,13H2,1H3. The van der Waals surface area contributed by atoms with Gasteiger partial charge in [-0.25, -0.2) is 9.97 Å². The molecule has 134 valence electrons. The average molecular weight is 352 g/mol. The van der Waals surface area contributed by atoms with E-state index in [1.165, 1.54) is 12.4 Å². The van der Waals surface area contributed by atoms with Crippen molar-refractivity contribution in [3.8, 4) is 17.7 Å². The molecule has 26 heavy (non-hydrogen) atoms. The van der Waals surface area contributed by atoms with Crippen LogP contribution in [-0.2, 0) is 4.79 Å². The highest BCUT2D eigenvalue weighted by atomic mass is 16.5. The summed E-state index contributed by atoms with van der Waals surface area (Å²) in [7, 11) is 0. The largest absolute Gasteiger partial charge is 0.481 e. The van der Waals surface area contributed by atoms with Crippen LogP contribution in [0.4, 0.5) is 0 Å². The molecule has 1 aliphatic rings. The smallest absolute Gasteiger partial charge is 0.263 e. The van der Waals surface area contributed by atoms with Gasteiger partial charge in [-0.1, -0.05) is 18.2 Å². The highest BCUT2D eigenvalue weighted by molar-refractivity contribution is 5.81. The van der Waals surface area contributed by atoms with Crippen LogP contribution in [-0.4, -0.2) is 46.1 Å². The van der Waals surface area contributed by atoms with E-state index in [0.717, 1.165) is 12.8 Å². The van der Waals surface area contributed by atoms with E-state index in [9.17, 15) is 4.79 Å². The number of hydrogen-bond acceptors (Lipinski definition) is 6. The number of carbonyl (C=O) groups is 1. The van der Waals surface area contributed by atoms with Crippen LogP contribution in [0, 0.1) is 11.3 Å². The molecule has 0 spiro atoms. The Morgan fingerprint density at radius 2 is 2.08 bits per heavy atom. The maximum absolute atomic E-state index is 12.7. The van der Waals surface area contributed by atoms with Crippen molar-refractivity contribution in [3.05, 3.63) is 48.4 Å². The molecule has 0 radical (unpaired) electrons. The third-order valence-corrected chi connectivity index (χ3v) is 4.14. The molecule has 2 unspecified atom stereocenters. The van der Waals surface area contributed by atoms with E-state index in [0.29, 0.717) is 18.8 Å². The Morgan fingerprint density at radius 3 is 2.85 bits per heavy atom. The third kappa shape index (κ3) is 4.28. The molecule has 0 bridgehead atoms. The topological polar surface area (TPSA) is 88.3 Å². The van der Waals surface area contributed by atoms with E-state index < -0.39 is 6.10 Å². The second-order valence-corrected chi connectivity index (χ2v) is 6.06. The summed E-state index contributed by atoms with van der Waals surface area (Å²) in [5.41, 5.74) is 0.150. The van der Waals surface area contributed by atoms with Gasteiger partial charge in [0.05, 0.1) is 6.54 Å². The van der Waals surface area contributed by atoms with Gasteiger partial charge in [-0.2, -0.15) is 5.26 Å². The number of carbonyl (C=O) groups excluding carboxylic acids is 1. The zero-order valence-corrected chi connectivity index (χ0v) is 14.5. The number of aromatic nitrogens is 2. The van der Waals surface area contributed by atoms with Crippen LogP contribution in [0.3, 0.4) is 0 Å². The summed E-state index contributed by atoms with van der Waals surface area (Å²) in [6, 6.07) is 11.2. The summed E-state index contributed by atoms with van der Waals surface area (Å²) >= 11 is 0. The molecule has 1 fully saturated rings. The molecular formula is C19H20N4O3. The summed E-state index contributed by atoms with van der Waals surface area (Å²) in [6.45, 7) is 2.84. The Labute approximate surface area is 152 Å². The number of rotatable bonds is 5. The van der Waals surface area contributed by atoms with E-state index in [-0.39, 0.29) is 23.6 Å². The van der Waals surface area contributed by atoms with Crippen molar-refractivity contribution in [2.45, 2.75) is 32.0 Å². The second-order valence-electron chi connectivity index (χ2n) is 6.06. The number of nitrogens with zero attached hydrogens (tertiary/aromatic N) is 4. The maximum atomic E-state index is 12.7. The van der Waals surface area contributed by atoms with Crippen molar-refractivity contribution < 1.29 is 14.3 Å². The van der Waals surface area contributed by atoms with E-state index >= 15 is 0 Å². The van der Waals surface area contributed by atoms with E-state index in [2.05, 4.69) is 9.97 Å². The Balaban J connectivity index is 1.61. The van der Waals surface area contributed by atoms with Crippen LogP contribution in [0.25, 0.3) is 0 Å². The van der Waals surface area contributed by atoms with Gasteiger partial charge in [0.15, 0.2) is 6.10 Å². The van der Waals surface area contributed by atoms with Gasteiger partial charge in [0, 0.05) is 18.9 Å². The minimum Gasteiger partial charge on any atom is -0.481 e. The van der Waals surface area contributed by atoms with Crippen molar-refractivity contribution in [1.29, 1.82) is 5.26 Å². The van der Waals surface area contributed by atoms with Gasteiger partial charge in [-0.05, 0) is 31.9 Å². The molecule has 2 aromatic rings. The van der Waals surface area contributed by atoms with Crippen molar-refractivity contribution in [3.63, 3.8) is 0 Å². The Bertz CT molecular complexity index is 791. The lowest BCUT2D eigenvalue weighted by Crippen LogP contribution is -2.48. The number of benzene rings is 1. The predicted molar refractivity (Wildman–Crippen MR) is 93.5 cm³/mol. The van der Waals surface area contributed by atoms with Crippen LogP contribution < -0.4 is 9.47 Å². The number of para-hydroxylation sites is 1. The SMILES string of the molecule is CC(Oc1ccccc1)C(=O)N1CCCC(Oc2nccnc2C#N)C1. The number of hydrogen-bond donors (Lipinski definition) is 0. The number of piperidine rings is 1. The van der Waals surface area contributed by atoms with Gasteiger partial charge >= 0.3 is 0 Å². The normalized spacial score (nSPS) is 17.8. The minimum absolute atomic E-state index is 0.0817. The third-order valence-electron chi connectivity index (χ3n) is 4.14. The van der Waals surface area contributed by atoms with Crippen LogP contribution in [0.5, 0.6) is 11.6 Å². The monoisotopic (exact) mass is 352 g/mol. The molecule has 7 nitrogen and oxygen atoms in total. The van der Waals surface area contributed by atoms with E-state index in [1.807, 2.05) is 36.4 Å². The van der Waals surface area contributed by atoms with Crippen molar-refractivity contribution in [1.82, 2.24) is 14.9 Å². The number of amides is 1. The fraction of sp³-hybridized carbons (Fsp3) is 0.368. The molecule has 1 aromatic carbocycles. The molecule has 0 aliphatic carbocycles. The number of nitriles is 1. The molecule has 3 rings (SSSR count). The maximum Gasteiger partial charge on any atom is 0.263 e. The van der Waals surface area contributed by atoms with Crippen LogP contribution in [0.1, 0.15) is 25.5 Å². The molecule has 1 aliphatic heterocycles. The van der Waals surface area contributed by atoms with Gasteiger partial charge in [0.2, 0.25) is 5.69 Å². The first kappa shape index (κ1) is 17.7. The summed E-state index contributed by atoms with van der Waals surface area (Å²) < 4.78 is 11.5. The molecular weight excluding hydrogens is 332 g/mol. The van der Waals surface area contributed by atoms with E-state index in [4.69, 9.17) is 14.7 Å². The first-order valence-electron chi connectivity index (χ1n) is 8.55. The summed E-state index contributed by atoms with van der Waals surface area (Å²) in [5, 5.41) is 9.09. The first-order chi connectivity index (χ1) is 12.7. The zero-order valence-electron chi connectivity index (χ0n) is 14.5. The number of ether oxygens (including phenoxy) is 2. The molecule has 1 aromatic heterocycles. The summed E-state index contributed by atoms with van der Waals surface area (Å²) in [6.07, 6.45) is 3.74. The zero-order chi connectivity index (χ0) is 18.4. The molecule has 1 saturated heterocycles. The quantitative estimate of drug-likeness (QED) is 0.819. The molecule has 0 N–H and O–H groups in total. The van der Waals surface area contributed by atoms with Crippen LogP contribution in [0.15, 0.2) is 42.7 Å². The van der Waals surface area contributed by atoms with Crippen molar-refractivity contribution >= 4 is 5.91 Å². The summed E-state index contributed by atoms with van der Waals surface area (Å²) in [5.74, 6) is 0.793. The van der Waals surface area contributed by atoms with E-state index in [1.54, 1.807) is 11.8 Å². The lowest BCUT2D eigenvalue weighted by atomic mass is 10.1. The predicted octanol–water partition coefficient (Wildman–Crippen LogP) is 2.19. The highest BCUT2D eigenvalue weighted by Gasteiger charge is 2.29. The summed E-state index contributed by atoms with van der Waals surface area (Å²) in [4.78, 5) is 22.4. The lowest BCUT2D eigenvalue weighted by Gasteiger charge is -2.34. The van der Waals surface area contributed by atoms with Crippen LogP contribution in [0.2, 0.25) is 0 Å². The Hall–Kier alpha value is -3.14. The average Bonchev–Trinajstić information content (AvgIpc) is 2.69. The molecule has 2 heterocycles. The number of likely N-dealkylation sites (tertiary alicyclic amines) is 1. The lowest BCUT2D eigenvalue weighted by molar-refractivity contribution is -0.140. The fourth-order valence-electron chi connectivity index (χ4n) is 2.89. The fourth-order valence-corrected chi connectivity index (χ4v) is 2.89. The van der Waals surface area contributed by atoms with Gasteiger partial charge in [0.1, 0.15) is 17.9 Å². The van der Waals surface area contributed by atoms with Gasteiger partial charge in [-0.15, -0.1) is 0 Å². The van der Waals surface area contributed by atoms with Gasteiger partial charge in [-0.3, -0.25) is 4.79 Å². The van der Waals surface area contributed by atoms with Crippen molar-refractivity contribution in [2.75, 3.05) is 13.1 Å². The second kappa shape index (κ2) is 8.30. The van der Waals surface area contributed by atoms with Gasteiger partial charge in [0.25, 0.3) is 11.8 Å². The van der Waals surface area contributed by atoms with Gasteiger partial charge < -0.3 is 14.4 Å². The Kier molecular flexibility index (Phi) is 5.64. The van der Waals surface area contributed by atoms with Crippen LogP contribution >= 0.6 is 0 Å². The van der Waals surface area contributed by atoms with Crippen molar-refractivity contribution in [2.24, 2.45) is 0 Å². The minimum atomic E-state index is -0.581. The Morgan fingerprint density at radius 1 is 1.31 bits per heavy atom.